The number of aryl methyl sites for hydroxylation is 2. The van der Waals surface area contributed by atoms with Crippen LogP contribution < -0.4 is 10.6 Å². The van der Waals surface area contributed by atoms with E-state index in [-0.39, 0.29) is 24.9 Å². The molecule has 0 radical (unpaired) electrons. The zero-order valence-corrected chi connectivity index (χ0v) is 15.2. The van der Waals surface area contributed by atoms with Crippen LogP contribution in [-0.2, 0) is 22.7 Å². The van der Waals surface area contributed by atoms with Gasteiger partial charge in [-0.2, -0.15) is 0 Å². The first kappa shape index (κ1) is 17.7. The maximum atomic E-state index is 12.6. The van der Waals surface area contributed by atoms with Gasteiger partial charge in [-0.25, -0.2) is 4.98 Å². The molecule has 0 unspecified atom stereocenters. The van der Waals surface area contributed by atoms with Gasteiger partial charge in [-0.1, -0.05) is 29.8 Å². The van der Waals surface area contributed by atoms with Crippen molar-refractivity contribution in [2.24, 2.45) is 0 Å². The first-order valence-corrected chi connectivity index (χ1v) is 8.49. The molecule has 0 atom stereocenters. The van der Waals surface area contributed by atoms with Crippen LogP contribution in [0.5, 0.6) is 0 Å². The second kappa shape index (κ2) is 7.39. The topological polar surface area (TPSA) is 76.0 Å². The molecule has 6 nitrogen and oxygen atoms in total. The van der Waals surface area contributed by atoms with E-state index in [2.05, 4.69) is 15.6 Å². The molecular formula is C20H22N4O2. The fourth-order valence-electron chi connectivity index (χ4n) is 2.93. The van der Waals surface area contributed by atoms with Crippen molar-refractivity contribution in [3.8, 4) is 0 Å². The van der Waals surface area contributed by atoms with Crippen molar-refractivity contribution < 1.29 is 9.59 Å². The number of benzene rings is 2. The summed E-state index contributed by atoms with van der Waals surface area (Å²) in [6.45, 7) is 5.85. The zero-order valence-electron chi connectivity index (χ0n) is 15.2. The van der Waals surface area contributed by atoms with Crippen molar-refractivity contribution in [1.82, 2.24) is 14.9 Å². The minimum atomic E-state index is -0.136. The Hall–Kier alpha value is -3.15. The highest BCUT2D eigenvalue weighted by atomic mass is 16.2. The highest BCUT2D eigenvalue weighted by Gasteiger charge is 2.14. The summed E-state index contributed by atoms with van der Waals surface area (Å²) in [7, 11) is 0. The van der Waals surface area contributed by atoms with Crippen LogP contribution >= 0.6 is 0 Å². The van der Waals surface area contributed by atoms with E-state index in [0.29, 0.717) is 5.82 Å². The molecule has 26 heavy (non-hydrogen) atoms. The molecule has 3 rings (SSSR count). The Morgan fingerprint density at radius 2 is 1.88 bits per heavy atom. The molecule has 0 aliphatic rings. The summed E-state index contributed by atoms with van der Waals surface area (Å²) in [6.07, 6.45) is 0. The second-order valence-electron chi connectivity index (χ2n) is 6.38. The molecule has 0 saturated heterocycles. The van der Waals surface area contributed by atoms with Crippen LogP contribution in [0.4, 0.5) is 5.69 Å². The van der Waals surface area contributed by atoms with Gasteiger partial charge in [-0.05, 0) is 37.6 Å². The van der Waals surface area contributed by atoms with Crippen molar-refractivity contribution in [3.63, 3.8) is 0 Å². The summed E-state index contributed by atoms with van der Waals surface area (Å²) >= 11 is 0. The molecule has 0 saturated carbocycles. The Bertz CT molecular complexity index is 975. The van der Waals surface area contributed by atoms with Crippen molar-refractivity contribution in [2.45, 2.75) is 33.9 Å². The van der Waals surface area contributed by atoms with E-state index in [1.54, 1.807) is 0 Å². The third kappa shape index (κ3) is 3.91. The van der Waals surface area contributed by atoms with Crippen molar-refractivity contribution in [1.29, 1.82) is 0 Å². The van der Waals surface area contributed by atoms with Gasteiger partial charge < -0.3 is 15.2 Å². The molecule has 1 aromatic heterocycles. The summed E-state index contributed by atoms with van der Waals surface area (Å²) < 4.78 is 1.84. The minimum Gasteiger partial charge on any atom is -0.349 e. The number of carbonyl (C=O) groups excluding carboxylic acids is 2. The lowest BCUT2D eigenvalue weighted by molar-refractivity contribution is -0.119. The highest BCUT2D eigenvalue weighted by molar-refractivity contribution is 5.92. The number of nitrogens with one attached hydrogen (secondary N) is 2. The number of hydrogen-bond donors (Lipinski definition) is 2. The fourth-order valence-corrected chi connectivity index (χ4v) is 2.93. The number of nitrogens with zero attached hydrogens (tertiary/aromatic N) is 2. The van der Waals surface area contributed by atoms with Crippen LogP contribution in [0.1, 0.15) is 23.9 Å². The summed E-state index contributed by atoms with van der Waals surface area (Å²) in [5.41, 5.74) is 4.63. The molecular weight excluding hydrogens is 328 g/mol. The molecule has 2 N–H and O–H groups in total. The van der Waals surface area contributed by atoms with Crippen LogP contribution in [0.25, 0.3) is 11.0 Å². The maximum Gasteiger partial charge on any atom is 0.244 e. The monoisotopic (exact) mass is 350 g/mol. The van der Waals surface area contributed by atoms with Gasteiger partial charge in [0.05, 0.1) is 17.6 Å². The number of aromatic nitrogens is 2. The molecule has 0 aliphatic carbocycles. The smallest absolute Gasteiger partial charge is 0.244 e. The third-order valence-electron chi connectivity index (χ3n) is 4.19. The molecule has 0 aliphatic heterocycles. The number of para-hydroxylation sites is 2. The molecule has 1 heterocycles. The van der Waals surface area contributed by atoms with Crippen LogP contribution in [0.15, 0.2) is 42.5 Å². The van der Waals surface area contributed by atoms with Gasteiger partial charge in [-0.3, -0.25) is 9.59 Å². The van der Waals surface area contributed by atoms with E-state index in [4.69, 9.17) is 0 Å². The Morgan fingerprint density at radius 1 is 1.12 bits per heavy atom. The van der Waals surface area contributed by atoms with Gasteiger partial charge >= 0.3 is 0 Å². The predicted octanol–water partition coefficient (Wildman–Crippen LogP) is 2.93. The number of fused-ring (bicyclic) bond motifs is 1. The lowest BCUT2D eigenvalue weighted by Gasteiger charge is -2.12. The summed E-state index contributed by atoms with van der Waals surface area (Å²) in [4.78, 5) is 28.4. The second-order valence-corrected chi connectivity index (χ2v) is 6.38. The van der Waals surface area contributed by atoms with Crippen LogP contribution in [-0.4, -0.2) is 21.4 Å². The summed E-state index contributed by atoms with van der Waals surface area (Å²) in [5.74, 6) is 0.379. The number of rotatable bonds is 5. The average Bonchev–Trinajstić information content (AvgIpc) is 2.93. The number of amides is 2. The van der Waals surface area contributed by atoms with E-state index >= 15 is 0 Å². The third-order valence-corrected chi connectivity index (χ3v) is 4.19. The van der Waals surface area contributed by atoms with Crippen LogP contribution in [0.3, 0.4) is 0 Å². The largest absolute Gasteiger partial charge is 0.349 e. The van der Waals surface area contributed by atoms with Gasteiger partial charge in [0.15, 0.2) is 0 Å². The standard InChI is InChI=1S/C20H22N4O2/c1-13-8-9-16(14(2)10-13)23-20(26)12-24-18-7-5-4-6-17(18)22-19(24)11-21-15(3)25/h4-10H,11-12H2,1-3H3,(H,21,25)(H,23,26). The molecule has 0 bridgehead atoms. The lowest BCUT2D eigenvalue weighted by atomic mass is 10.1. The molecule has 6 heteroatoms. The molecule has 3 aromatic rings. The van der Waals surface area contributed by atoms with Gasteiger partial charge in [0.25, 0.3) is 0 Å². The summed E-state index contributed by atoms with van der Waals surface area (Å²) in [5, 5.41) is 5.71. The van der Waals surface area contributed by atoms with Crippen LogP contribution in [0, 0.1) is 13.8 Å². The highest BCUT2D eigenvalue weighted by Crippen LogP contribution is 2.18. The van der Waals surface area contributed by atoms with Crippen LogP contribution in [0.2, 0.25) is 0 Å². The van der Waals surface area contributed by atoms with E-state index in [1.807, 2.05) is 60.9 Å². The van der Waals surface area contributed by atoms with Gasteiger partial charge in [0.1, 0.15) is 12.4 Å². The molecule has 2 amide bonds. The molecule has 2 aromatic carbocycles. The average molecular weight is 350 g/mol. The normalized spacial score (nSPS) is 10.7. The van der Waals surface area contributed by atoms with E-state index < -0.39 is 0 Å². The van der Waals surface area contributed by atoms with Gasteiger partial charge in [0, 0.05) is 12.6 Å². The molecule has 0 spiro atoms. The predicted molar refractivity (Wildman–Crippen MR) is 102 cm³/mol. The Labute approximate surface area is 152 Å². The number of imidazole rings is 1. The fraction of sp³-hybridized carbons (Fsp3) is 0.250. The minimum absolute atomic E-state index is 0.128. The number of anilines is 1. The molecule has 0 fully saturated rings. The van der Waals surface area contributed by atoms with E-state index in [1.165, 1.54) is 6.92 Å². The summed E-state index contributed by atoms with van der Waals surface area (Å²) in [6, 6.07) is 13.5. The van der Waals surface area contributed by atoms with Crippen molar-refractivity contribution >= 4 is 28.5 Å². The lowest BCUT2D eigenvalue weighted by Crippen LogP contribution is -2.25. The van der Waals surface area contributed by atoms with Crippen molar-refractivity contribution in [3.05, 3.63) is 59.4 Å². The Kier molecular flexibility index (Phi) is 5.02. The maximum absolute atomic E-state index is 12.6. The SMILES string of the molecule is CC(=O)NCc1nc2ccccc2n1CC(=O)Nc1ccc(C)cc1C. The molecule has 134 valence electrons. The van der Waals surface area contributed by atoms with Crippen molar-refractivity contribution in [2.75, 3.05) is 5.32 Å². The van der Waals surface area contributed by atoms with Gasteiger partial charge in [-0.15, -0.1) is 0 Å². The van der Waals surface area contributed by atoms with E-state index in [0.717, 1.165) is 27.8 Å². The van der Waals surface area contributed by atoms with E-state index in [9.17, 15) is 9.59 Å². The Balaban J connectivity index is 1.85. The number of carbonyl (C=O) groups is 2. The number of hydrogen-bond acceptors (Lipinski definition) is 3. The van der Waals surface area contributed by atoms with Gasteiger partial charge in [0.2, 0.25) is 11.8 Å². The first-order valence-electron chi connectivity index (χ1n) is 8.49. The zero-order chi connectivity index (χ0) is 18.7. The quantitative estimate of drug-likeness (QED) is 0.743. The Morgan fingerprint density at radius 3 is 2.62 bits per heavy atom. The first-order chi connectivity index (χ1) is 12.4.